The summed E-state index contributed by atoms with van der Waals surface area (Å²) in [5.41, 5.74) is 3.73. The molecular formula is C17H20N2O2. The van der Waals surface area contributed by atoms with Gasteiger partial charge in [0.1, 0.15) is 5.75 Å². The van der Waals surface area contributed by atoms with Crippen LogP contribution in [0.2, 0.25) is 0 Å². The Labute approximate surface area is 124 Å². The fraction of sp³-hybridized carbons (Fsp3) is 0.412. The molecule has 3 rings (SSSR count). The lowest BCUT2D eigenvalue weighted by Gasteiger charge is -2.06. The van der Waals surface area contributed by atoms with Crippen molar-refractivity contribution in [2.75, 3.05) is 0 Å². The second-order valence-corrected chi connectivity index (χ2v) is 5.71. The lowest BCUT2D eigenvalue weighted by atomic mass is 10.0. The van der Waals surface area contributed by atoms with Crippen molar-refractivity contribution in [1.29, 1.82) is 0 Å². The van der Waals surface area contributed by atoms with Crippen LogP contribution in [-0.2, 0) is 13.5 Å². The van der Waals surface area contributed by atoms with Crippen LogP contribution in [0, 0.1) is 13.8 Å². The summed E-state index contributed by atoms with van der Waals surface area (Å²) in [6.07, 6.45) is 3.06. The number of carbonyl (C=O) groups excluding carboxylic acids is 1. The number of rotatable bonds is 5. The number of carbonyl (C=O) groups is 1. The molecule has 1 fully saturated rings. The van der Waals surface area contributed by atoms with E-state index in [4.69, 9.17) is 4.74 Å². The molecule has 1 aromatic heterocycles. The minimum Gasteiger partial charge on any atom is -0.490 e. The van der Waals surface area contributed by atoms with E-state index in [9.17, 15) is 4.79 Å². The van der Waals surface area contributed by atoms with Crippen molar-refractivity contribution in [3.8, 4) is 5.75 Å². The van der Waals surface area contributed by atoms with E-state index in [-0.39, 0.29) is 5.78 Å². The third kappa shape index (κ3) is 2.99. The second kappa shape index (κ2) is 5.35. The highest BCUT2D eigenvalue weighted by atomic mass is 16.5. The zero-order valence-electron chi connectivity index (χ0n) is 12.7. The molecule has 1 aliphatic carbocycles. The highest BCUT2D eigenvalue weighted by Crippen LogP contribution is 2.27. The first kappa shape index (κ1) is 13.9. The molecule has 21 heavy (non-hydrogen) atoms. The number of hydrogen-bond donors (Lipinski definition) is 0. The Kier molecular flexibility index (Phi) is 3.53. The quantitative estimate of drug-likeness (QED) is 0.793. The van der Waals surface area contributed by atoms with E-state index in [1.54, 1.807) is 0 Å². The van der Waals surface area contributed by atoms with Gasteiger partial charge in [-0.15, -0.1) is 0 Å². The minimum absolute atomic E-state index is 0.118. The van der Waals surface area contributed by atoms with Gasteiger partial charge in [0.25, 0.3) is 0 Å². The molecule has 0 unspecified atom stereocenters. The Bertz CT molecular complexity index is 667. The Morgan fingerprint density at radius 3 is 2.48 bits per heavy atom. The van der Waals surface area contributed by atoms with Crippen molar-refractivity contribution >= 4 is 5.78 Å². The summed E-state index contributed by atoms with van der Waals surface area (Å²) in [4.78, 5) is 12.4. The number of nitrogens with zero attached hydrogens (tertiary/aromatic N) is 2. The van der Waals surface area contributed by atoms with Crippen molar-refractivity contribution in [1.82, 2.24) is 9.78 Å². The number of Topliss-reactive ketones (excluding diaryl/α,β-unsaturated/α-hetero) is 1. The first-order valence-corrected chi connectivity index (χ1v) is 7.33. The van der Waals surface area contributed by atoms with Gasteiger partial charge in [0.2, 0.25) is 0 Å². The van der Waals surface area contributed by atoms with Gasteiger partial charge < -0.3 is 4.74 Å². The summed E-state index contributed by atoms with van der Waals surface area (Å²) in [5, 5.41) is 4.36. The van der Waals surface area contributed by atoms with E-state index >= 15 is 0 Å². The zero-order chi connectivity index (χ0) is 15.0. The molecule has 0 spiro atoms. The molecule has 1 aliphatic rings. The summed E-state index contributed by atoms with van der Waals surface area (Å²) >= 11 is 0. The molecule has 0 aliphatic heterocycles. The average molecular weight is 284 g/mol. The van der Waals surface area contributed by atoms with Gasteiger partial charge in [-0.1, -0.05) is 0 Å². The van der Waals surface area contributed by atoms with Gasteiger partial charge in [0, 0.05) is 30.3 Å². The molecule has 0 N–H and O–H groups in total. The number of ketones is 1. The fourth-order valence-corrected chi connectivity index (χ4v) is 2.43. The predicted molar refractivity (Wildman–Crippen MR) is 80.8 cm³/mol. The molecule has 0 saturated heterocycles. The number of ether oxygens (including phenoxy) is 1. The Hall–Kier alpha value is -2.10. The fourth-order valence-electron chi connectivity index (χ4n) is 2.43. The van der Waals surface area contributed by atoms with Crippen LogP contribution in [0.1, 0.15) is 40.2 Å². The van der Waals surface area contributed by atoms with Gasteiger partial charge in [-0.2, -0.15) is 5.10 Å². The zero-order valence-corrected chi connectivity index (χ0v) is 12.7. The van der Waals surface area contributed by atoms with E-state index in [1.165, 1.54) is 0 Å². The Balaban J connectivity index is 1.72. The highest BCUT2D eigenvalue weighted by Gasteiger charge is 2.23. The molecule has 1 heterocycles. The second-order valence-electron chi connectivity index (χ2n) is 5.71. The molecule has 0 bridgehead atoms. The van der Waals surface area contributed by atoms with E-state index in [2.05, 4.69) is 5.10 Å². The van der Waals surface area contributed by atoms with Crippen molar-refractivity contribution in [3.63, 3.8) is 0 Å². The maximum absolute atomic E-state index is 12.4. The van der Waals surface area contributed by atoms with Gasteiger partial charge in [-0.3, -0.25) is 9.48 Å². The lowest BCUT2D eigenvalue weighted by Crippen LogP contribution is -2.06. The third-order valence-electron chi connectivity index (χ3n) is 4.00. The molecule has 110 valence electrons. The summed E-state index contributed by atoms with van der Waals surface area (Å²) in [7, 11) is 1.90. The van der Waals surface area contributed by atoms with Crippen molar-refractivity contribution in [3.05, 3.63) is 46.8 Å². The monoisotopic (exact) mass is 284 g/mol. The van der Waals surface area contributed by atoms with Crippen LogP contribution >= 0.6 is 0 Å². The van der Waals surface area contributed by atoms with Gasteiger partial charge in [-0.05, 0) is 51.0 Å². The topological polar surface area (TPSA) is 44.1 Å². The number of aromatic nitrogens is 2. The van der Waals surface area contributed by atoms with Crippen LogP contribution in [0.25, 0.3) is 0 Å². The van der Waals surface area contributed by atoms with E-state index in [0.717, 1.165) is 41.1 Å². The maximum Gasteiger partial charge on any atom is 0.167 e. The normalized spacial score (nSPS) is 14.2. The van der Waals surface area contributed by atoms with E-state index in [1.807, 2.05) is 49.8 Å². The third-order valence-corrected chi connectivity index (χ3v) is 4.00. The molecule has 4 heteroatoms. The first-order valence-electron chi connectivity index (χ1n) is 7.33. The van der Waals surface area contributed by atoms with Crippen LogP contribution in [-0.4, -0.2) is 21.7 Å². The van der Waals surface area contributed by atoms with Crippen LogP contribution in [0.15, 0.2) is 24.3 Å². The lowest BCUT2D eigenvalue weighted by molar-refractivity contribution is 0.0992. The van der Waals surface area contributed by atoms with Crippen LogP contribution in [0.3, 0.4) is 0 Å². The van der Waals surface area contributed by atoms with Gasteiger partial charge in [0.05, 0.1) is 11.8 Å². The smallest absolute Gasteiger partial charge is 0.167 e. The van der Waals surface area contributed by atoms with E-state index in [0.29, 0.717) is 12.5 Å². The Morgan fingerprint density at radius 1 is 1.29 bits per heavy atom. The molecule has 1 saturated carbocycles. The number of aryl methyl sites for hydroxylation is 2. The van der Waals surface area contributed by atoms with Gasteiger partial charge in [-0.25, -0.2) is 0 Å². The summed E-state index contributed by atoms with van der Waals surface area (Å²) in [6.45, 7) is 3.94. The standard InChI is InChI=1S/C17H20N2O2/c1-11-16(12(2)19(3)18-11)10-17(20)13-4-6-14(7-5-13)21-15-8-9-15/h4-7,15H,8-10H2,1-3H3. The molecule has 0 amide bonds. The predicted octanol–water partition coefficient (Wildman–Crippen LogP) is 3.00. The molecular weight excluding hydrogens is 264 g/mol. The molecule has 4 nitrogen and oxygen atoms in total. The molecule has 1 aromatic carbocycles. The Morgan fingerprint density at radius 2 is 1.95 bits per heavy atom. The van der Waals surface area contributed by atoms with Crippen molar-refractivity contribution in [2.24, 2.45) is 7.05 Å². The van der Waals surface area contributed by atoms with Crippen LogP contribution < -0.4 is 4.74 Å². The van der Waals surface area contributed by atoms with E-state index < -0.39 is 0 Å². The highest BCUT2D eigenvalue weighted by molar-refractivity contribution is 5.97. The number of hydrogen-bond acceptors (Lipinski definition) is 3. The van der Waals surface area contributed by atoms with Crippen molar-refractivity contribution in [2.45, 2.75) is 39.2 Å². The van der Waals surface area contributed by atoms with Crippen LogP contribution in [0.5, 0.6) is 5.75 Å². The number of benzene rings is 1. The SMILES string of the molecule is Cc1nn(C)c(C)c1CC(=O)c1ccc(OC2CC2)cc1. The molecule has 0 radical (unpaired) electrons. The summed E-state index contributed by atoms with van der Waals surface area (Å²) in [5.74, 6) is 0.968. The molecule has 0 atom stereocenters. The first-order chi connectivity index (χ1) is 10.0. The summed E-state index contributed by atoms with van der Waals surface area (Å²) < 4.78 is 7.52. The maximum atomic E-state index is 12.4. The minimum atomic E-state index is 0.118. The van der Waals surface area contributed by atoms with Crippen LogP contribution in [0.4, 0.5) is 0 Å². The van der Waals surface area contributed by atoms with Gasteiger partial charge in [0.15, 0.2) is 5.78 Å². The average Bonchev–Trinajstić information content (AvgIpc) is 3.24. The molecule has 2 aromatic rings. The summed E-state index contributed by atoms with van der Waals surface area (Å²) in [6, 6.07) is 7.46. The van der Waals surface area contributed by atoms with Gasteiger partial charge >= 0.3 is 0 Å². The van der Waals surface area contributed by atoms with Crippen molar-refractivity contribution < 1.29 is 9.53 Å². The largest absolute Gasteiger partial charge is 0.490 e.